The van der Waals surface area contributed by atoms with Gasteiger partial charge in [-0.15, -0.1) is 0 Å². The number of fused-ring (bicyclic) bond motifs is 2. The molecule has 0 fully saturated rings. The van der Waals surface area contributed by atoms with Crippen LogP contribution in [-0.4, -0.2) is 37.2 Å². The van der Waals surface area contributed by atoms with Gasteiger partial charge in [0, 0.05) is 59.0 Å². The van der Waals surface area contributed by atoms with Crippen LogP contribution in [0.15, 0.2) is 51.9 Å². The van der Waals surface area contributed by atoms with E-state index in [1.807, 2.05) is 49.1 Å². The molecule has 0 aliphatic heterocycles. The number of carbonyl (C=O) groups excluding carboxylic acids is 1. The first-order valence-electron chi connectivity index (χ1n) is 9.08. The maximum Gasteiger partial charge on any atom is 0.299 e. The van der Waals surface area contributed by atoms with Crippen LogP contribution in [0.1, 0.15) is 16.2 Å². The fourth-order valence-corrected chi connectivity index (χ4v) is 3.96. The Morgan fingerprint density at radius 3 is 2.77 bits per heavy atom. The number of benzene rings is 1. The Kier molecular flexibility index (Phi) is 4.21. The zero-order valence-corrected chi connectivity index (χ0v) is 18.0. The first-order chi connectivity index (χ1) is 14.5. The Bertz CT molecular complexity index is 1450. The van der Waals surface area contributed by atoms with E-state index in [9.17, 15) is 4.79 Å². The predicted molar refractivity (Wildman–Crippen MR) is 115 cm³/mol. The zero-order chi connectivity index (χ0) is 21.0. The summed E-state index contributed by atoms with van der Waals surface area (Å²) < 4.78 is 15.2. The largest absolute Gasteiger partial charge is 0.497 e. The Morgan fingerprint density at radius 1 is 1.13 bits per heavy atom. The van der Waals surface area contributed by atoms with Gasteiger partial charge in [-0.3, -0.25) is 4.79 Å². The van der Waals surface area contributed by atoms with Crippen molar-refractivity contribution in [3.05, 3.63) is 58.8 Å². The first kappa shape index (κ1) is 18.6. The van der Waals surface area contributed by atoms with Crippen LogP contribution in [0.25, 0.3) is 33.3 Å². The number of methoxy groups -OCH3 is 1. The van der Waals surface area contributed by atoms with Gasteiger partial charge in [0.15, 0.2) is 0 Å². The average molecular weight is 466 g/mol. The second-order valence-electron chi connectivity index (χ2n) is 6.97. The van der Waals surface area contributed by atoms with Gasteiger partial charge in [0.2, 0.25) is 5.82 Å². The molecule has 0 spiro atoms. The number of aryl methyl sites for hydroxylation is 2. The van der Waals surface area contributed by atoms with Crippen LogP contribution in [0.5, 0.6) is 5.75 Å². The molecule has 150 valence electrons. The molecule has 0 bridgehead atoms. The minimum Gasteiger partial charge on any atom is -0.497 e. The first-order valence-corrected chi connectivity index (χ1v) is 9.88. The van der Waals surface area contributed by atoms with Gasteiger partial charge in [-0.2, -0.15) is 4.98 Å². The molecular weight excluding hydrogens is 450 g/mol. The van der Waals surface area contributed by atoms with E-state index < -0.39 is 0 Å². The minimum absolute atomic E-state index is 0.0719. The quantitative estimate of drug-likeness (QED) is 0.371. The van der Waals surface area contributed by atoms with E-state index >= 15 is 0 Å². The number of carbonyl (C=O) groups is 1. The maximum atomic E-state index is 13.1. The van der Waals surface area contributed by atoms with Gasteiger partial charge in [0.05, 0.1) is 12.7 Å². The summed E-state index contributed by atoms with van der Waals surface area (Å²) in [4.78, 5) is 21.9. The molecular formula is C21H16BrN5O3. The van der Waals surface area contributed by atoms with E-state index in [4.69, 9.17) is 9.26 Å². The molecule has 9 heteroatoms. The van der Waals surface area contributed by atoms with Crippen molar-refractivity contribution < 1.29 is 14.1 Å². The normalized spacial score (nSPS) is 11.5. The molecule has 0 aliphatic rings. The molecule has 4 aromatic heterocycles. The van der Waals surface area contributed by atoms with Crippen molar-refractivity contribution in [2.24, 2.45) is 14.1 Å². The van der Waals surface area contributed by atoms with Crippen LogP contribution in [0.4, 0.5) is 0 Å². The molecule has 0 saturated heterocycles. The van der Waals surface area contributed by atoms with Crippen molar-refractivity contribution in [1.29, 1.82) is 0 Å². The number of ether oxygens (including phenoxy) is 1. The van der Waals surface area contributed by atoms with Crippen molar-refractivity contribution >= 4 is 43.6 Å². The third kappa shape index (κ3) is 2.81. The summed E-state index contributed by atoms with van der Waals surface area (Å²) in [6.07, 6.45) is 5.32. The third-order valence-electron chi connectivity index (χ3n) is 5.08. The van der Waals surface area contributed by atoms with Gasteiger partial charge in [0.25, 0.3) is 11.7 Å². The van der Waals surface area contributed by atoms with E-state index in [0.29, 0.717) is 22.4 Å². The molecule has 0 radical (unpaired) electrons. The fourth-order valence-electron chi connectivity index (χ4n) is 3.63. The highest BCUT2D eigenvalue weighted by atomic mass is 79.9. The van der Waals surface area contributed by atoms with Crippen LogP contribution in [0, 0.1) is 0 Å². The number of pyridine rings is 1. The van der Waals surface area contributed by atoms with Crippen LogP contribution in [0.2, 0.25) is 0 Å². The third-order valence-corrected chi connectivity index (χ3v) is 5.52. The summed E-state index contributed by atoms with van der Waals surface area (Å²) in [6, 6.07) is 7.62. The molecule has 0 atom stereocenters. The molecule has 0 aliphatic carbocycles. The molecule has 5 rings (SSSR count). The molecule has 0 amide bonds. The topological polar surface area (TPSA) is 88.0 Å². The summed E-state index contributed by atoms with van der Waals surface area (Å²) in [6.45, 7) is 0. The molecule has 0 unspecified atom stereocenters. The SMILES string of the molecule is COc1ccc2c(c1)c(-c1noc(C(=O)c3cn(C)c4ncc(Br)cc34)n1)cn2C. The van der Waals surface area contributed by atoms with Crippen LogP contribution in [0.3, 0.4) is 0 Å². The number of hydrogen-bond acceptors (Lipinski definition) is 6. The summed E-state index contributed by atoms with van der Waals surface area (Å²) in [7, 11) is 5.39. The Morgan fingerprint density at radius 2 is 1.97 bits per heavy atom. The molecule has 4 heterocycles. The van der Waals surface area contributed by atoms with Crippen molar-refractivity contribution in [2.75, 3.05) is 7.11 Å². The van der Waals surface area contributed by atoms with Crippen molar-refractivity contribution in [3.63, 3.8) is 0 Å². The van der Waals surface area contributed by atoms with Crippen LogP contribution in [-0.2, 0) is 14.1 Å². The smallest absolute Gasteiger partial charge is 0.299 e. The van der Waals surface area contributed by atoms with Crippen LogP contribution < -0.4 is 4.74 Å². The number of nitrogens with zero attached hydrogens (tertiary/aromatic N) is 5. The molecule has 1 aromatic carbocycles. The molecule has 0 N–H and O–H groups in total. The van der Waals surface area contributed by atoms with Gasteiger partial charge in [-0.25, -0.2) is 4.98 Å². The highest BCUT2D eigenvalue weighted by Crippen LogP contribution is 2.32. The van der Waals surface area contributed by atoms with Gasteiger partial charge in [-0.05, 0) is 40.2 Å². The monoisotopic (exact) mass is 465 g/mol. The van der Waals surface area contributed by atoms with Crippen molar-refractivity contribution in [1.82, 2.24) is 24.3 Å². The number of hydrogen-bond donors (Lipinski definition) is 0. The van der Waals surface area contributed by atoms with E-state index in [-0.39, 0.29) is 11.7 Å². The standard InChI is InChI=1S/C21H16BrN5O3/c1-26-10-16(13-7-12(29-3)4-5-17(13)26)19-24-21(30-25-19)18(28)15-9-27(2)20-14(15)6-11(22)8-23-20/h4-10H,1-3H3. The molecule has 30 heavy (non-hydrogen) atoms. The Labute approximate surface area is 179 Å². The summed E-state index contributed by atoms with van der Waals surface area (Å²) in [5, 5.41) is 5.69. The second kappa shape index (κ2) is 6.81. The predicted octanol–water partition coefficient (Wildman–Crippen LogP) is 4.12. The van der Waals surface area contributed by atoms with Crippen molar-refractivity contribution in [2.45, 2.75) is 0 Å². The lowest BCUT2D eigenvalue weighted by molar-refractivity contribution is 0.0995. The summed E-state index contributed by atoms with van der Waals surface area (Å²) >= 11 is 3.41. The minimum atomic E-state index is -0.350. The molecule has 8 nitrogen and oxygen atoms in total. The number of aromatic nitrogens is 5. The molecule has 5 aromatic rings. The van der Waals surface area contributed by atoms with E-state index in [2.05, 4.69) is 31.1 Å². The van der Waals surface area contributed by atoms with Gasteiger partial charge >= 0.3 is 0 Å². The molecule has 0 saturated carbocycles. The lowest BCUT2D eigenvalue weighted by Crippen LogP contribution is -2.01. The zero-order valence-electron chi connectivity index (χ0n) is 16.4. The van der Waals surface area contributed by atoms with E-state index in [0.717, 1.165) is 26.7 Å². The number of ketones is 1. The fraction of sp³-hybridized carbons (Fsp3) is 0.143. The lowest BCUT2D eigenvalue weighted by atomic mass is 10.1. The van der Waals surface area contributed by atoms with Gasteiger partial charge in [0.1, 0.15) is 11.4 Å². The summed E-state index contributed by atoms with van der Waals surface area (Å²) in [5.41, 5.74) is 2.91. The van der Waals surface area contributed by atoms with Crippen LogP contribution >= 0.6 is 15.9 Å². The van der Waals surface area contributed by atoms with Crippen molar-refractivity contribution in [3.8, 4) is 17.1 Å². The maximum absolute atomic E-state index is 13.1. The number of halogens is 1. The summed E-state index contributed by atoms with van der Waals surface area (Å²) in [5.74, 6) is 0.648. The van der Waals surface area contributed by atoms with E-state index in [1.165, 1.54) is 0 Å². The highest BCUT2D eigenvalue weighted by molar-refractivity contribution is 9.10. The number of rotatable bonds is 4. The average Bonchev–Trinajstić information content (AvgIpc) is 3.44. The van der Waals surface area contributed by atoms with E-state index in [1.54, 1.807) is 24.1 Å². The second-order valence-corrected chi connectivity index (χ2v) is 7.88. The Hall–Kier alpha value is -3.46. The Balaban J connectivity index is 1.59. The van der Waals surface area contributed by atoms with Gasteiger partial charge in [-0.1, -0.05) is 5.16 Å². The lowest BCUT2D eigenvalue weighted by Gasteiger charge is -2.00. The van der Waals surface area contributed by atoms with Gasteiger partial charge < -0.3 is 18.4 Å². The highest BCUT2D eigenvalue weighted by Gasteiger charge is 2.24.